The number of piperidine rings is 1. The summed E-state index contributed by atoms with van der Waals surface area (Å²) >= 11 is 0. The summed E-state index contributed by atoms with van der Waals surface area (Å²) in [5.41, 5.74) is -1.25. The van der Waals surface area contributed by atoms with Gasteiger partial charge in [-0.3, -0.25) is 4.90 Å². The summed E-state index contributed by atoms with van der Waals surface area (Å²) in [5, 5.41) is 11.2. The number of fused-ring (bicyclic) bond motifs is 3. The highest BCUT2D eigenvalue weighted by molar-refractivity contribution is 5.49. The zero-order chi connectivity index (χ0) is 33.1. The first kappa shape index (κ1) is 5.12. The molecule has 0 amide bonds. The maximum Gasteiger partial charge on any atom is 0.161 e. The maximum atomic E-state index is 11.2. The molecule has 1 fully saturated rings. The number of nitrogens with zero attached hydrogens (tertiary/aromatic N) is 1. The van der Waals surface area contributed by atoms with Crippen molar-refractivity contribution in [3.05, 3.63) is 23.3 Å². The zero-order valence-corrected chi connectivity index (χ0v) is 12.2. The molecule has 2 aliphatic rings. The fraction of sp³-hybridized carbons (Fsp3) is 0.684. The van der Waals surface area contributed by atoms with Crippen molar-refractivity contribution in [3.8, 4) is 11.5 Å². The zero-order valence-electron chi connectivity index (χ0n) is 31.2. The lowest BCUT2D eigenvalue weighted by Gasteiger charge is -2.46. The van der Waals surface area contributed by atoms with E-state index < -0.39 is 99.6 Å². The molecule has 4 atom stereocenters. The Morgan fingerprint density at radius 1 is 1.52 bits per heavy atom. The van der Waals surface area contributed by atoms with E-state index in [0.29, 0.717) is 24.0 Å². The molecule has 0 radical (unpaired) electrons. The van der Waals surface area contributed by atoms with Crippen LogP contribution in [0.1, 0.15) is 69.7 Å². The molecular formula is C19H29NO3. The molecule has 1 unspecified atom stereocenters. The number of aliphatic hydroxyl groups is 1. The van der Waals surface area contributed by atoms with Gasteiger partial charge in [0.05, 0.1) is 28.4 Å². The van der Waals surface area contributed by atoms with Crippen molar-refractivity contribution >= 4 is 0 Å². The molecule has 0 aliphatic carbocycles. The first-order valence-corrected chi connectivity index (χ1v) is 6.79. The summed E-state index contributed by atoms with van der Waals surface area (Å²) in [6.07, 6.45) is -12.8. The molecule has 0 aromatic heterocycles. The summed E-state index contributed by atoms with van der Waals surface area (Å²) < 4.78 is 163. The highest BCUT2D eigenvalue weighted by Crippen LogP contribution is 2.43. The number of ether oxygens (including phenoxy) is 2. The van der Waals surface area contributed by atoms with E-state index in [1.54, 1.807) is 0 Å². The van der Waals surface area contributed by atoms with E-state index in [9.17, 15) is 5.11 Å². The number of benzene rings is 1. The summed E-state index contributed by atoms with van der Waals surface area (Å²) in [5.74, 6) is -8.09. The predicted octanol–water partition coefficient (Wildman–Crippen LogP) is 3.03. The van der Waals surface area contributed by atoms with Crippen molar-refractivity contribution in [2.75, 3.05) is 27.1 Å². The molecule has 1 saturated heterocycles. The van der Waals surface area contributed by atoms with Crippen molar-refractivity contribution in [1.29, 1.82) is 0 Å². The number of rotatable bonds is 4. The van der Waals surface area contributed by atoms with E-state index in [2.05, 4.69) is 0 Å². The average Bonchev–Trinajstić information content (AvgIpc) is 2.74. The molecule has 2 aliphatic heterocycles. The molecule has 1 N–H and O–H groups in total. The maximum absolute atomic E-state index is 11.2. The normalized spacial score (nSPS) is 54.3. The predicted molar refractivity (Wildman–Crippen MR) is 91.1 cm³/mol. The molecular weight excluding hydrogens is 290 g/mol. The Labute approximate surface area is 166 Å². The summed E-state index contributed by atoms with van der Waals surface area (Å²) in [6, 6.07) is -0.737. The van der Waals surface area contributed by atoms with Crippen molar-refractivity contribution in [1.82, 2.24) is 4.90 Å². The first-order chi connectivity index (χ1) is 18.3. The Bertz CT molecular complexity index is 1220. The van der Waals surface area contributed by atoms with E-state index in [1.807, 2.05) is 0 Å². The van der Waals surface area contributed by atoms with Crippen LogP contribution in [0.2, 0.25) is 0 Å². The van der Waals surface area contributed by atoms with E-state index >= 15 is 0 Å². The van der Waals surface area contributed by atoms with E-state index in [0.717, 1.165) is 0 Å². The average molecular weight is 339 g/mol. The second-order valence-electron chi connectivity index (χ2n) is 5.20. The van der Waals surface area contributed by atoms with Crippen LogP contribution in [-0.4, -0.2) is 43.2 Å². The fourth-order valence-corrected chi connectivity index (χ4v) is 2.61. The summed E-state index contributed by atoms with van der Waals surface area (Å²) in [6.45, 7) is -7.46. The Hall–Kier alpha value is -1.26. The van der Waals surface area contributed by atoms with Gasteiger partial charge in [-0.25, -0.2) is 0 Å². The van der Waals surface area contributed by atoms with Gasteiger partial charge < -0.3 is 14.6 Å². The smallest absolute Gasteiger partial charge is 0.161 e. The Morgan fingerprint density at radius 2 is 2.30 bits per heavy atom. The van der Waals surface area contributed by atoms with Crippen LogP contribution in [0.3, 0.4) is 0 Å². The van der Waals surface area contributed by atoms with Gasteiger partial charge in [-0.05, 0) is 54.2 Å². The summed E-state index contributed by atoms with van der Waals surface area (Å²) in [4.78, 5) is 0.381. The number of methoxy groups -OCH3 is 2. The molecule has 4 heteroatoms. The van der Waals surface area contributed by atoms with Crippen LogP contribution >= 0.6 is 0 Å². The monoisotopic (exact) mass is 338 g/mol. The molecule has 128 valence electrons. The van der Waals surface area contributed by atoms with Gasteiger partial charge in [0, 0.05) is 36.9 Å². The van der Waals surface area contributed by atoms with Crippen molar-refractivity contribution in [2.45, 2.75) is 45.0 Å². The lowest BCUT2D eigenvalue weighted by Crippen LogP contribution is -2.48. The largest absolute Gasteiger partial charge is 0.493 e. The molecule has 0 saturated carbocycles. The van der Waals surface area contributed by atoms with E-state index in [4.69, 9.17) is 35.5 Å². The minimum Gasteiger partial charge on any atom is -0.493 e. The highest BCUT2D eigenvalue weighted by atomic mass is 16.5. The van der Waals surface area contributed by atoms with Crippen LogP contribution in [0.4, 0.5) is 0 Å². The topological polar surface area (TPSA) is 41.9 Å². The van der Waals surface area contributed by atoms with Crippen molar-refractivity contribution in [3.63, 3.8) is 0 Å². The van der Waals surface area contributed by atoms with Crippen LogP contribution in [0, 0.1) is 11.8 Å². The van der Waals surface area contributed by atoms with Gasteiger partial charge in [0.25, 0.3) is 0 Å². The molecule has 3 rings (SSSR count). The molecule has 1 aromatic carbocycles. The van der Waals surface area contributed by atoms with E-state index in [1.165, 1.54) is 0 Å². The van der Waals surface area contributed by atoms with Crippen LogP contribution in [0.25, 0.3) is 0 Å². The van der Waals surface area contributed by atoms with Crippen LogP contribution in [0.5, 0.6) is 11.5 Å². The second kappa shape index (κ2) is 6.70. The Balaban J connectivity index is 2.37. The lowest BCUT2D eigenvalue weighted by molar-refractivity contribution is -0.0191. The standard InChI is InChI=1S/C19H29NO3/c1-12(2)7-14-11-20-6-5-13-8-18(22-3)19(23-4)9-15(13)16(20)10-17(14)21/h8-9,12,14,16-17,21H,5-7,10-11H2,1-4H3/t14-,16-,17+/m0/s1/i1D3,3D3,4D3,5D2,6D2,7D2,10D2,12D,14D/t12?,14-,16-,17+. The van der Waals surface area contributed by atoms with Crippen LogP contribution < -0.4 is 9.47 Å². The number of aliphatic hydroxyl groups excluding tert-OH is 1. The van der Waals surface area contributed by atoms with Crippen molar-refractivity contribution < 1.29 is 40.6 Å². The van der Waals surface area contributed by atoms with Gasteiger partial charge in [-0.1, -0.05) is 13.8 Å². The first-order valence-electron chi connectivity index (χ1n) is 16.3. The molecule has 2 heterocycles. The van der Waals surface area contributed by atoms with Crippen molar-refractivity contribution in [2.24, 2.45) is 11.8 Å². The van der Waals surface area contributed by atoms with Gasteiger partial charge in [-0.15, -0.1) is 0 Å². The van der Waals surface area contributed by atoms with Crippen LogP contribution in [0.15, 0.2) is 12.1 Å². The number of aryl methyl sites for hydroxylation is 1. The van der Waals surface area contributed by atoms with Gasteiger partial charge in [0.15, 0.2) is 11.5 Å². The third kappa shape index (κ3) is 3.20. The number of hydrogen-bond acceptors (Lipinski definition) is 4. The minimum atomic E-state index is -3.57. The quantitative estimate of drug-likeness (QED) is 0.916. The van der Waals surface area contributed by atoms with Crippen LogP contribution in [-0.2, 0) is 6.37 Å². The van der Waals surface area contributed by atoms with E-state index in [-0.39, 0.29) is 0 Å². The molecule has 4 nitrogen and oxygen atoms in total. The SMILES string of the molecule is [2H]C([2H])([2H])Oc1cc2c(cc1OC([2H])([2H])[2H])C([2H])([2H])C([2H])([2H])N1C[C@]([2H])(C([2H])([2H])C([2H])(C)C([2H])([2H])[2H])[C@H](O)C([2H])([2H])[C@@H]21. The van der Waals surface area contributed by atoms with Gasteiger partial charge in [0.2, 0.25) is 0 Å². The lowest BCUT2D eigenvalue weighted by atomic mass is 9.79. The molecule has 0 spiro atoms. The molecule has 0 bridgehead atoms. The Kier molecular flexibility index (Phi) is 1.49. The third-order valence-corrected chi connectivity index (χ3v) is 3.61. The second-order valence-corrected chi connectivity index (χ2v) is 5.20. The summed E-state index contributed by atoms with van der Waals surface area (Å²) in [7, 11) is -6.44. The third-order valence-electron chi connectivity index (χ3n) is 3.61. The number of hydrogen-bond donors (Lipinski definition) is 1. The molecule has 23 heavy (non-hydrogen) atoms. The van der Waals surface area contributed by atoms with Gasteiger partial charge in [0.1, 0.15) is 0 Å². The molecule has 1 aromatic rings. The minimum absolute atomic E-state index is 0.381. The Morgan fingerprint density at radius 3 is 3.04 bits per heavy atom. The van der Waals surface area contributed by atoms with Gasteiger partial charge in [-0.2, -0.15) is 0 Å². The highest BCUT2D eigenvalue weighted by Gasteiger charge is 2.38. The fourth-order valence-electron chi connectivity index (χ4n) is 2.61. The van der Waals surface area contributed by atoms with Gasteiger partial charge >= 0.3 is 0 Å².